The molecule has 4 fully saturated rings. The summed E-state index contributed by atoms with van der Waals surface area (Å²) < 4.78 is 0. The summed E-state index contributed by atoms with van der Waals surface area (Å²) in [5.74, 6) is 4.86. The molecule has 4 rings (SSSR count). The van der Waals surface area contributed by atoms with Gasteiger partial charge in [0.15, 0.2) is 0 Å². The molecule has 1 N–H and O–H groups in total. The lowest BCUT2D eigenvalue weighted by atomic mass is 9.45. The first-order valence-corrected chi connectivity index (χ1v) is 11.0. The number of rotatable bonds is 1. The third-order valence-electron chi connectivity index (χ3n) is 9.21. The van der Waals surface area contributed by atoms with Gasteiger partial charge in [-0.15, -0.1) is 0 Å². The van der Waals surface area contributed by atoms with E-state index in [1.807, 2.05) is 6.92 Å². The molecule has 0 aromatic carbocycles. The summed E-state index contributed by atoms with van der Waals surface area (Å²) in [5, 5.41) is 10.7. The smallest absolute Gasteiger partial charge is 0.133 e. The number of carbonyl (C=O) groups excluding carboxylic acids is 1. The molecule has 2 heteroatoms. The van der Waals surface area contributed by atoms with Crippen LogP contribution in [0.1, 0.15) is 91.4 Å². The van der Waals surface area contributed by atoms with Crippen LogP contribution in [0.4, 0.5) is 0 Å². The molecule has 142 valence electrons. The molecular weight excluding hydrogens is 308 g/mol. The normalized spacial score (nSPS) is 53.1. The summed E-state index contributed by atoms with van der Waals surface area (Å²) in [4.78, 5) is 12.3. The van der Waals surface area contributed by atoms with E-state index < -0.39 is 5.60 Å². The minimum absolute atomic E-state index is 0.272. The average molecular weight is 347 g/mol. The summed E-state index contributed by atoms with van der Waals surface area (Å²) >= 11 is 0. The van der Waals surface area contributed by atoms with Crippen molar-refractivity contribution in [2.45, 2.75) is 97.0 Å². The van der Waals surface area contributed by atoms with E-state index in [9.17, 15) is 9.90 Å². The van der Waals surface area contributed by atoms with Crippen LogP contribution in [0.2, 0.25) is 0 Å². The van der Waals surface area contributed by atoms with Crippen LogP contribution in [0.3, 0.4) is 0 Å². The fourth-order valence-corrected chi connectivity index (χ4v) is 8.19. The van der Waals surface area contributed by atoms with Crippen LogP contribution in [-0.2, 0) is 4.79 Å². The van der Waals surface area contributed by atoms with Gasteiger partial charge in [0.1, 0.15) is 5.78 Å². The lowest BCUT2D eigenvalue weighted by Crippen LogP contribution is -2.53. The lowest BCUT2D eigenvalue weighted by Gasteiger charge is -2.59. The summed E-state index contributed by atoms with van der Waals surface area (Å²) in [6.07, 6.45) is 13.6. The molecule has 0 saturated heterocycles. The summed E-state index contributed by atoms with van der Waals surface area (Å²) in [5.41, 5.74) is -0.158. The third-order valence-corrected chi connectivity index (χ3v) is 9.21. The maximum Gasteiger partial charge on any atom is 0.133 e. The van der Waals surface area contributed by atoms with Crippen LogP contribution in [0, 0.1) is 40.9 Å². The quantitative estimate of drug-likeness (QED) is 0.692. The number of fused-ring (bicyclic) bond motifs is 5. The molecule has 0 bridgehead atoms. The van der Waals surface area contributed by atoms with Gasteiger partial charge < -0.3 is 5.11 Å². The maximum atomic E-state index is 12.3. The second-order valence-corrected chi connectivity index (χ2v) is 10.7. The highest BCUT2D eigenvalue weighted by Gasteiger charge is 2.56. The van der Waals surface area contributed by atoms with Crippen molar-refractivity contribution in [3.63, 3.8) is 0 Å². The second-order valence-electron chi connectivity index (χ2n) is 10.7. The van der Waals surface area contributed by atoms with Crippen LogP contribution < -0.4 is 0 Å². The highest BCUT2D eigenvalue weighted by Crippen LogP contribution is 2.63. The van der Waals surface area contributed by atoms with E-state index in [-0.39, 0.29) is 5.41 Å². The van der Waals surface area contributed by atoms with E-state index in [2.05, 4.69) is 13.8 Å². The number of hydrogen-bond donors (Lipinski definition) is 1. The Morgan fingerprint density at radius 1 is 0.880 bits per heavy atom. The zero-order valence-electron chi connectivity index (χ0n) is 16.6. The Hall–Kier alpha value is -0.370. The first kappa shape index (κ1) is 18.0. The Kier molecular flexibility index (Phi) is 4.58. The van der Waals surface area contributed by atoms with Gasteiger partial charge in [-0.1, -0.05) is 19.8 Å². The highest BCUT2D eigenvalue weighted by atomic mass is 16.3. The van der Waals surface area contributed by atoms with Crippen LogP contribution in [0.15, 0.2) is 0 Å². The van der Waals surface area contributed by atoms with Crippen molar-refractivity contribution in [3.8, 4) is 0 Å². The van der Waals surface area contributed by atoms with Gasteiger partial charge in [0.25, 0.3) is 0 Å². The number of hydrogen-bond acceptors (Lipinski definition) is 2. The first-order valence-electron chi connectivity index (χ1n) is 11.0. The molecule has 0 radical (unpaired) electrons. The summed E-state index contributed by atoms with van der Waals surface area (Å²) in [7, 11) is 0. The molecule has 0 aromatic rings. The molecule has 4 aliphatic carbocycles. The Bertz CT molecular complexity index is 524. The fourth-order valence-electron chi connectivity index (χ4n) is 8.19. The van der Waals surface area contributed by atoms with E-state index >= 15 is 0 Å². The number of Topliss-reactive ketones (excluding diaryl/α,β-unsaturated/α-hetero) is 1. The zero-order valence-corrected chi connectivity index (χ0v) is 16.6. The predicted octanol–water partition coefficient (Wildman–Crippen LogP) is 5.38. The molecule has 25 heavy (non-hydrogen) atoms. The van der Waals surface area contributed by atoms with Crippen LogP contribution in [0.25, 0.3) is 0 Å². The Morgan fingerprint density at radius 3 is 2.44 bits per heavy atom. The van der Waals surface area contributed by atoms with Crippen molar-refractivity contribution in [1.29, 1.82) is 0 Å². The fraction of sp³-hybridized carbons (Fsp3) is 0.957. The largest absolute Gasteiger partial charge is 0.390 e. The SMILES string of the molecule is CC(=O)[C@H]1CCC[C@H]2[C@@H]3CC[C@@H]4C[C@](C)(O)CCC[C@@H]4[C@H]3CC[C@]12C. The molecular formula is C23H38O2. The summed E-state index contributed by atoms with van der Waals surface area (Å²) in [6.45, 7) is 6.37. The molecule has 4 aliphatic rings. The molecule has 0 aromatic heterocycles. The van der Waals surface area contributed by atoms with E-state index in [1.165, 1.54) is 51.4 Å². The van der Waals surface area contributed by atoms with Gasteiger partial charge in [-0.2, -0.15) is 0 Å². The van der Waals surface area contributed by atoms with Crippen LogP contribution in [0.5, 0.6) is 0 Å². The average Bonchev–Trinajstić information content (AvgIpc) is 2.70. The van der Waals surface area contributed by atoms with Gasteiger partial charge in [-0.25, -0.2) is 0 Å². The number of carbonyl (C=O) groups is 1. The molecule has 0 spiro atoms. The minimum Gasteiger partial charge on any atom is -0.390 e. The molecule has 0 unspecified atom stereocenters. The third kappa shape index (κ3) is 3.01. The van der Waals surface area contributed by atoms with E-state index in [0.717, 1.165) is 48.9 Å². The molecule has 0 aliphatic heterocycles. The van der Waals surface area contributed by atoms with Crippen molar-refractivity contribution in [2.75, 3.05) is 0 Å². The van der Waals surface area contributed by atoms with Gasteiger partial charge in [-0.3, -0.25) is 4.79 Å². The first-order chi connectivity index (χ1) is 11.8. The van der Waals surface area contributed by atoms with Gasteiger partial charge in [0.2, 0.25) is 0 Å². The monoisotopic (exact) mass is 346 g/mol. The van der Waals surface area contributed by atoms with Crippen molar-refractivity contribution >= 4 is 5.78 Å². The van der Waals surface area contributed by atoms with Crippen molar-refractivity contribution < 1.29 is 9.90 Å². The topological polar surface area (TPSA) is 37.3 Å². The van der Waals surface area contributed by atoms with Crippen molar-refractivity contribution in [2.24, 2.45) is 40.9 Å². The van der Waals surface area contributed by atoms with Gasteiger partial charge in [0.05, 0.1) is 5.60 Å². The summed E-state index contributed by atoms with van der Waals surface area (Å²) in [6, 6.07) is 0. The standard InChI is InChI=1S/C23H38O2/c1-15(24)20-7-4-8-21-19-10-9-16-14-22(2,25)12-5-6-17(16)18(19)11-13-23(20,21)3/h16-21,25H,4-14H2,1-3H3/t16-,17+,18-,19-,20-,21+,22-,23-/m1/s1. The van der Waals surface area contributed by atoms with Crippen molar-refractivity contribution in [3.05, 3.63) is 0 Å². The highest BCUT2D eigenvalue weighted by molar-refractivity contribution is 5.79. The van der Waals surface area contributed by atoms with Crippen LogP contribution in [-0.4, -0.2) is 16.5 Å². The van der Waals surface area contributed by atoms with E-state index in [1.54, 1.807) is 0 Å². The van der Waals surface area contributed by atoms with Gasteiger partial charge in [0, 0.05) is 5.92 Å². The zero-order chi connectivity index (χ0) is 17.8. The molecule has 4 saturated carbocycles. The predicted molar refractivity (Wildman–Crippen MR) is 101 cm³/mol. The Balaban J connectivity index is 1.58. The number of ketones is 1. The Morgan fingerprint density at radius 2 is 1.68 bits per heavy atom. The van der Waals surface area contributed by atoms with Gasteiger partial charge >= 0.3 is 0 Å². The second kappa shape index (κ2) is 6.36. The van der Waals surface area contributed by atoms with E-state index in [4.69, 9.17) is 0 Å². The molecule has 0 heterocycles. The van der Waals surface area contributed by atoms with Crippen LogP contribution >= 0.6 is 0 Å². The minimum atomic E-state index is -0.431. The number of aliphatic hydroxyl groups is 1. The van der Waals surface area contributed by atoms with Gasteiger partial charge in [-0.05, 0) is 107 Å². The molecule has 8 atom stereocenters. The molecule has 0 amide bonds. The van der Waals surface area contributed by atoms with Crippen molar-refractivity contribution in [1.82, 2.24) is 0 Å². The lowest BCUT2D eigenvalue weighted by molar-refractivity contribution is -0.141. The molecule has 2 nitrogen and oxygen atoms in total. The Labute approximate surface area is 154 Å². The maximum absolute atomic E-state index is 12.3. The van der Waals surface area contributed by atoms with E-state index in [0.29, 0.717) is 11.7 Å².